The van der Waals surface area contributed by atoms with Crippen LogP contribution in [0.25, 0.3) is 0 Å². The molecule has 5 aliphatic rings. The Morgan fingerprint density at radius 3 is 2.33 bits per heavy atom. The summed E-state index contributed by atoms with van der Waals surface area (Å²) in [5, 5.41) is 11.2. The van der Waals surface area contributed by atoms with E-state index in [1.54, 1.807) is 41.3 Å². The van der Waals surface area contributed by atoms with Gasteiger partial charge < -0.3 is 9.84 Å². The molecule has 6 atom stereocenters. The summed E-state index contributed by atoms with van der Waals surface area (Å²) in [4.78, 5) is 61.5. The summed E-state index contributed by atoms with van der Waals surface area (Å²) in [5.41, 5.74) is 0.951. The van der Waals surface area contributed by atoms with E-state index < -0.39 is 40.9 Å². The zero-order chi connectivity index (χ0) is 34.2. The molecule has 2 aliphatic heterocycles. The number of hydrogen-bond donors (Lipinski definition) is 1. The largest absolute Gasteiger partial charge is 0.503 e. The molecule has 4 amide bonds. The van der Waals surface area contributed by atoms with E-state index in [0.29, 0.717) is 28.3 Å². The number of imide groups is 2. The maximum atomic E-state index is 15.3. The van der Waals surface area contributed by atoms with Crippen molar-refractivity contribution in [2.24, 2.45) is 23.7 Å². The van der Waals surface area contributed by atoms with E-state index in [2.05, 4.69) is 0 Å². The average molecular weight is 700 g/mol. The Labute approximate surface area is 294 Å². The number of carbonyl (C=O) groups excluding carboxylic acids is 4. The van der Waals surface area contributed by atoms with Gasteiger partial charge in [-0.05, 0) is 73.1 Å². The number of allylic oxidation sites excluding steroid dienone is 2. The zero-order valence-electron chi connectivity index (χ0n) is 27.0. The minimum absolute atomic E-state index is 0.0320. The smallest absolute Gasteiger partial charge is 0.246 e. The summed E-state index contributed by atoms with van der Waals surface area (Å²) in [6.45, 7) is 0. The molecule has 49 heavy (non-hydrogen) atoms. The highest BCUT2D eigenvalue weighted by Crippen LogP contribution is 2.65. The van der Waals surface area contributed by atoms with E-state index in [-0.39, 0.29) is 46.7 Å². The van der Waals surface area contributed by atoms with Gasteiger partial charge in [-0.3, -0.25) is 24.1 Å². The number of likely N-dealkylation sites (tertiary alicyclic amines) is 1. The summed E-state index contributed by atoms with van der Waals surface area (Å²) < 4.78 is 5.54. The summed E-state index contributed by atoms with van der Waals surface area (Å²) in [6.07, 6.45) is 7.24. The van der Waals surface area contributed by atoms with Gasteiger partial charge in [0.05, 0.1) is 41.0 Å². The highest BCUT2D eigenvalue weighted by molar-refractivity contribution is 6.33. The maximum absolute atomic E-state index is 15.3. The summed E-state index contributed by atoms with van der Waals surface area (Å²) in [5.74, 6) is -4.55. The zero-order valence-corrected chi connectivity index (χ0v) is 28.5. The molecule has 6 unspecified atom stereocenters. The van der Waals surface area contributed by atoms with E-state index in [4.69, 9.17) is 27.9 Å². The number of nitrogens with zero attached hydrogens (tertiary/aromatic N) is 2. The standard InChI is InChI=1S/C39H36Cl2N2O6/c1-49-31-18-21(17-30(41)34(31)44)33-26-15-16-27-32(37(47)42(35(27)45)24-12-6-3-7-13-24)28(26)20-29-36(46)43(25-14-8-11-23(40)19-25)38(48)39(29,33)22-9-4-2-5-10-22/h2,4-5,8-11,14-15,17-19,24,27-29,32-33,44H,3,6-7,12-13,16,20H2,1H3. The van der Waals surface area contributed by atoms with Crippen molar-refractivity contribution in [3.8, 4) is 11.5 Å². The quantitative estimate of drug-likeness (QED) is 0.223. The van der Waals surface area contributed by atoms with Crippen molar-refractivity contribution in [2.45, 2.75) is 62.3 Å². The molecule has 3 aromatic rings. The van der Waals surface area contributed by atoms with E-state index in [1.165, 1.54) is 12.0 Å². The Bertz CT molecular complexity index is 1920. The molecule has 0 spiro atoms. The Kier molecular flexibility index (Phi) is 7.87. The van der Waals surface area contributed by atoms with Crippen molar-refractivity contribution < 1.29 is 29.0 Å². The summed E-state index contributed by atoms with van der Waals surface area (Å²) in [6, 6.07) is 19.1. The van der Waals surface area contributed by atoms with Crippen LogP contribution in [0.3, 0.4) is 0 Å². The highest BCUT2D eigenvalue weighted by atomic mass is 35.5. The molecule has 3 aromatic carbocycles. The van der Waals surface area contributed by atoms with Gasteiger partial charge in [-0.1, -0.05) is 90.5 Å². The third-order valence-electron chi connectivity index (χ3n) is 11.7. The molecule has 3 aliphatic carbocycles. The number of methoxy groups -OCH3 is 1. The van der Waals surface area contributed by atoms with Crippen LogP contribution in [0.15, 0.2) is 78.4 Å². The van der Waals surface area contributed by atoms with Crippen molar-refractivity contribution in [3.63, 3.8) is 0 Å². The molecular weight excluding hydrogens is 663 g/mol. The van der Waals surface area contributed by atoms with Crippen molar-refractivity contribution in [1.29, 1.82) is 0 Å². The van der Waals surface area contributed by atoms with Crippen LogP contribution in [0.1, 0.15) is 62.0 Å². The number of halogens is 2. The number of anilines is 1. The minimum Gasteiger partial charge on any atom is -0.503 e. The van der Waals surface area contributed by atoms with Gasteiger partial charge in [-0.2, -0.15) is 0 Å². The molecule has 2 saturated heterocycles. The predicted molar refractivity (Wildman–Crippen MR) is 184 cm³/mol. The Morgan fingerprint density at radius 2 is 1.61 bits per heavy atom. The topological polar surface area (TPSA) is 104 Å². The Hall–Kier alpha value is -4.14. The van der Waals surface area contributed by atoms with Gasteiger partial charge in [0.2, 0.25) is 23.6 Å². The van der Waals surface area contributed by atoms with Gasteiger partial charge in [0.15, 0.2) is 11.5 Å². The van der Waals surface area contributed by atoms with E-state index >= 15 is 4.79 Å². The second-order valence-corrected chi connectivity index (χ2v) is 14.8. The number of phenols is 1. The van der Waals surface area contributed by atoms with Crippen molar-refractivity contribution in [1.82, 2.24) is 4.90 Å². The molecule has 8 rings (SSSR count). The summed E-state index contributed by atoms with van der Waals surface area (Å²) in [7, 11) is 1.42. The number of phenolic OH excluding ortho intramolecular Hbond substituents is 1. The molecular formula is C39H36Cl2N2O6. The van der Waals surface area contributed by atoms with Crippen LogP contribution in [0.5, 0.6) is 11.5 Å². The lowest BCUT2D eigenvalue weighted by Crippen LogP contribution is -2.53. The lowest BCUT2D eigenvalue weighted by molar-refractivity contribution is -0.143. The van der Waals surface area contributed by atoms with E-state index in [9.17, 15) is 19.5 Å². The molecule has 2 saturated carbocycles. The fourth-order valence-electron chi connectivity index (χ4n) is 9.76. The molecule has 0 aromatic heterocycles. The van der Waals surface area contributed by atoms with Crippen LogP contribution in [-0.4, -0.2) is 46.8 Å². The molecule has 2 heterocycles. The van der Waals surface area contributed by atoms with Gasteiger partial charge in [-0.15, -0.1) is 0 Å². The maximum Gasteiger partial charge on any atom is 0.246 e. The van der Waals surface area contributed by atoms with E-state index in [1.807, 2.05) is 36.4 Å². The van der Waals surface area contributed by atoms with Gasteiger partial charge in [-0.25, -0.2) is 4.90 Å². The summed E-state index contributed by atoms with van der Waals surface area (Å²) >= 11 is 13.0. The normalized spacial score (nSPS) is 29.9. The number of hydrogen-bond acceptors (Lipinski definition) is 6. The molecule has 1 N–H and O–H groups in total. The Morgan fingerprint density at radius 1 is 0.857 bits per heavy atom. The first kappa shape index (κ1) is 32.1. The van der Waals surface area contributed by atoms with Crippen LogP contribution < -0.4 is 9.64 Å². The fraction of sp³-hybridized carbons (Fsp3) is 0.385. The number of aromatic hydroxyl groups is 1. The number of benzene rings is 3. The van der Waals surface area contributed by atoms with Crippen LogP contribution in [0.2, 0.25) is 10.0 Å². The minimum atomic E-state index is -1.45. The monoisotopic (exact) mass is 698 g/mol. The van der Waals surface area contributed by atoms with Crippen LogP contribution in [0, 0.1) is 23.7 Å². The first-order valence-electron chi connectivity index (χ1n) is 17.0. The van der Waals surface area contributed by atoms with Crippen LogP contribution in [0.4, 0.5) is 5.69 Å². The third kappa shape index (κ3) is 4.63. The van der Waals surface area contributed by atoms with Crippen molar-refractivity contribution >= 4 is 52.5 Å². The molecule has 0 bridgehead atoms. The SMILES string of the molecule is COc1cc(C2C3=CCC4C(=O)N(C5CCCCC5)C(=O)C4C3CC3C(=O)N(c4cccc(Cl)c4)C(=O)C32c2ccccc2)cc(Cl)c1O. The lowest BCUT2D eigenvalue weighted by atomic mass is 9.49. The van der Waals surface area contributed by atoms with Gasteiger partial charge >= 0.3 is 0 Å². The van der Waals surface area contributed by atoms with E-state index in [0.717, 1.165) is 37.7 Å². The molecule has 4 fully saturated rings. The average Bonchev–Trinajstić information content (AvgIpc) is 3.50. The molecule has 0 radical (unpaired) electrons. The van der Waals surface area contributed by atoms with Gasteiger partial charge in [0.1, 0.15) is 0 Å². The molecule has 252 valence electrons. The highest BCUT2D eigenvalue weighted by Gasteiger charge is 2.70. The van der Waals surface area contributed by atoms with Crippen LogP contribution >= 0.6 is 23.2 Å². The third-order valence-corrected chi connectivity index (χ3v) is 12.3. The second-order valence-electron chi connectivity index (χ2n) is 14.0. The van der Waals surface area contributed by atoms with Gasteiger partial charge in [0.25, 0.3) is 0 Å². The first-order chi connectivity index (χ1) is 23.7. The Balaban J connectivity index is 1.36. The molecule has 10 heteroatoms. The fourth-order valence-corrected chi connectivity index (χ4v) is 10.2. The number of fused-ring (bicyclic) bond motifs is 4. The first-order valence-corrected chi connectivity index (χ1v) is 17.8. The number of ether oxygens (including phenoxy) is 1. The van der Waals surface area contributed by atoms with Gasteiger partial charge in [0, 0.05) is 17.0 Å². The van der Waals surface area contributed by atoms with Crippen molar-refractivity contribution in [2.75, 3.05) is 12.0 Å². The second kappa shape index (κ2) is 12.0. The number of amides is 4. The number of rotatable bonds is 5. The predicted octanol–water partition coefficient (Wildman–Crippen LogP) is 7.20. The lowest BCUT2D eigenvalue weighted by Gasteiger charge is -2.50. The number of carbonyl (C=O) groups is 4. The van der Waals surface area contributed by atoms with Crippen molar-refractivity contribution in [3.05, 3.63) is 99.6 Å². The molecule has 8 nitrogen and oxygen atoms in total. The van der Waals surface area contributed by atoms with Crippen LogP contribution in [-0.2, 0) is 24.6 Å².